The van der Waals surface area contributed by atoms with Gasteiger partial charge in [-0.3, -0.25) is 9.78 Å². The normalized spacial score (nSPS) is 19.2. The number of hydrogen-bond donors (Lipinski definition) is 1. The number of anilines is 1. The number of halogens is 6. The minimum absolute atomic E-state index is 0.0876. The van der Waals surface area contributed by atoms with E-state index in [-0.39, 0.29) is 22.5 Å². The predicted octanol–water partition coefficient (Wildman–Crippen LogP) is 6.12. The molecule has 1 aliphatic carbocycles. The van der Waals surface area contributed by atoms with Crippen LogP contribution in [0, 0.1) is 5.92 Å². The third kappa shape index (κ3) is 6.16. The number of thioether (sulfide) groups is 1. The fraction of sp³-hybridized carbons (Fsp3) is 0.500. The predicted molar refractivity (Wildman–Crippen MR) is 129 cm³/mol. The highest BCUT2D eigenvalue weighted by Crippen LogP contribution is 2.39. The summed E-state index contributed by atoms with van der Waals surface area (Å²) in [5.74, 6) is 0.501. The van der Waals surface area contributed by atoms with Crippen molar-refractivity contribution in [1.82, 2.24) is 9.88 Å². The average Bonchev–Trinajstić information content (AvgIpc) is 3.20. The second-order valence-electron chi connectivity index (χ2n) is 8.93. The number of nitrogens with zero attached hydrogens (tertiary/aromatic N) is 2. The summed E-state index contributed by atoms with van der Waals surface area (Å²) in [6.45, 7) is -2.99. The molecule has 1 amide bonds. The molecule has 36 heavy (non-hydrogen) atoms. The van der Waals surface area contributed by atoms with Gasteiger partial charge in [0.15, 0.2) is 6.04 Å². The van der Waals surface area contributed by atoms with Gasteiger partial charge in [-0.1, -0.05) is 11.6 Å². The molecule has 1 aliphatic heterocycles. The number of fused-ring (bicyclic) bond motifs is 1. The molecule has 2 aromatic rings. The molecule has 0 spiro atoms. The number of aromatic nitrogens is 1. The molecule has 0 bridgehead atoms. The van der Waals surface area contributed by atoms with Gasteiger partial charge in [-0.2, -0.15) is 33.7 Å². The number of nitrogens with one attached hydrogen (secondary N) is 1. The third-order valence-electron chi connectivity index (χ3n) is 6.46. The summed E-state index contributed by atoms with van der Waals surface area (Å²) in [5.41, 5.74) is 1.92. The van der Waals surface area contributed by atoms with Gasteiger partial charge in [0.25, 0.3) is 0 Å². The molecule has 1 N–H and O–H groups in total. The summed E-state index contributed by atoms with van der Waals surface area (Å²) in [6.07, 6.45) is -1.19. The molecular weight excluding hydrogens is 525 g/mol. The number of rotatable bonds is 7. The van der Waals surface area contributed by atoms with Gasteiger partial charge in [0, 0.05) is 19.0 Å². The van der Waals surface area contributed by atoms with E-state index in [2.05, 4.69) is 15.0 Å². The second kappa shape index (κ2) is 11.0. The molecule has 12 heteroatoms. The number of benzene rings is 1. The first-order valence-electron chi connectivity index (χ1n) is 11.4. The molecule has 1 aromatic heterocycles. The molecule has 0 radical (unpaired) electrons. The van der Waals surface area contributed by atoms with Crippen molar-refractivity contribution in [3.8, 4) is 5.75 Å². The Labute approximate surface area is 214 Å². The number of pyridine rings is 1. The lowest BCUT2D eigenvalue weighted by Crippen LogP contribution is -2.43. The summed E-state index contributed by atoms with van der Waals surface area (Å²) in [7, 11) is 1.18. The lowest BCUT2D eigenvalue weighted by atomic mass is 9.99. The average molecular weight is 550 g/mol. The number of amides is 1. The van der Waals surface area contributed by atoms with Crippen LogP contribution in [0.3, 0.4) is 0 Å². The zero-order valence-electron chi connectivity index (χ0n) is 19.3. The van der Waals surface area contributed by atoms with Crippen LogP contribution in [0.4, 0.5) is 27.6 Å². The molecule has 4 rings (SSSR count). The summed E-state index contributed by atoms with van der Waals surface area (Å²) >= 11 is 7.73. The van der Waals surface area contributed by atoms with Crippen molar-refractivity contribution in [2.45, 2.75) is 50.6 Å². The Hall–Kier alpha value is -2.27. The van der Waals surface area contributed by atoms with Crippen LogP contribution in [-0.2, 0) is 17.6 Å². The van der Waals surface area contributed by atoms with E-state index in [0.29, 0.717) is 31.4 Å². The van der Waals surface area contributed by atoms with Crippen molar-refractivity contribution >= 4 is 35.0 Å². The van der Waals surface area contributed by atoms with Crippen LogP contribution >= 0.6 is 23.4 Å². The number of carbonyl (C=O) groups excluding carboxylic acids is 1. The van der Waals surface area contributed by atoms with E-state index < -0.39 is 30.7 Å². The first-order chi connectivity index (χ1) is 17.0. The zero-order valence-corrected chi connectivity index (χ0v) is 20.9. The molecule has 1 fully saturated rings. The fourth-order valence-electron chi connectivity index (χ4n) is 4.74. The van der Waals surface area contributed by atoms with Crippen LogP contribution in [0.2, 0.25) is 5.02 Å². The second-order valence-corrected chi connectivity index (χ2v) is 10.6. The standard InChI is InChI=1S/C24H25ClF5N3O2S/c1-33(22(34)13-4-6-36-7-5-13)21(24(28,29)30)19-3-2-16(12-31-19)32-17-8-14-10-18(25)20(35-23(26)27)11-15(14)9-17/h2-3,10-13,17,21,23,32H,4-9H2,1H3. The van der Waals surface area contributed by atoms with Gasteiger partial charge < -0.3 is 15.0 Å². The van der Waals surface area contributed by atoms with E-state index in [1.807, 2.05) is 0 Å². The van der Waals surface area contributed by atoms with Gasteiger partial charge in [-0.05, 0) is 72.6 Å². The van der Waals surface area contributed by atoms with Crippen LogP contribution in [0.25, 0.3) is 0 Å². The third-order valence-corrected chi connectivity index (χ3v) is 7.80. The van der Waals surface area contributed by atoms with E-state index in [0.717, 1.165) is 27.5 Å². The number of alkyl halides is 5. The maximum Gasteiger partial charge on any atom is 0.414 e. The Bertz CT molecular complexity index is 1080. The van der Waals surface area contributed by atoms with E-state index >= 15 is 0 Å². The van der Waals surface area contributed by atoms with Gasteiger partial charge in [0.2, 0.25) is 5.91 Å². The molecule has 2 unspecified atom stereocenters. The Balaban J connectivity index is 1.44. The fourth-order valence-corrected chi connectivity index (χ4v) is 6.08. The first kappa shape index (κ1) is 26.8. The number of ether oxygens (including phenoxy) is 1. The Morgan fingerprint density at radius 3 is 2.44 bits per heavy atom. The van der Waals surface area contributed by atoms with Crippen molar-refractivity contribution in [2.75, 3.05) is 23.9 Å². The van der Waals surface area contributed by atoms with Gasteiger partial charge in [-0.15, -0.1) is 0 Å². The maximum absolute atomic E-state index is 14.0. The van der Waals surface area contributed by atoms with Crippen LogP contribution in [0.15, 0.2) is 30.5 Å². The Morgan fingerprint density at radius 1 is 1.19 bits per heavy atom. The van der Waals surface area contributed by atoms with E-state index in [4.69, 9.17) is 11.6 Å². The molecule has 1 saturated heterocycles. The summed E-state index contributed by atoms with van der Waals surface area (Å²) in [4.78, 5) is 17.6. The summed E-state index contributed by atoms with van der Waals surface area (Å²) < 4.78 is 71.6. The van der Waals surface area contributed by atoms with Crippen molar-refractivity contribution in [1.29, 1.82) is 0 Å². The van der Waals surface area contributed by atoms with E-state index in [1.54, 1.807) is 17.8 Å². The highest BCUT2D eigenvalue weighted by Gasteiger charge is 2.47. The van der Waals surface area contributed by atoms with Crippen LogP contribution in [0.1, 0.15) is 35.7 Å². The Kier molecular flexibility index (Phi) is 8.18. The topological polar surface area (TPSA) is 54.5 Å². The van der Waals surface area contributed by atoms with Crippen LogP contribution in [-0.4, -0.2) is 53.2 Å². The molecule has 196 valence electrons. The van der Waals surface area contributed by atoms with E-state index in [9.17, 15) is 26.7 Å². The number of hydrogen-bond acceptors (Lipinski definition) is 5. The summed E-state index contributed by atoms with van der Waals surface area (Å²) in [6, 6.07) is 3.58. The lowest BCUT2D eigenvalue weighted by molar-refractivity contribution is -0.191. The van der Waals surface area contributed by atoms with Crippen LogP contribution < -0.4 is 10.1 Å². The largest absolute Gasteiger partial charge is 0.433 e. The number of carbonyl (C=O) groups is 1. The molecule has 2 heterocycles. The molecule has 5 nitrogen and oxygen atoms in total. The highest BCUT2D eigenvalue weighted by atomic mass is 35.5. The zero-order chi connectivity index (χ0) is 26.0. The molecular formula is C24H25ClF5N3O2S. The van der Waals surface area contributed by atoms with Crippen molar-refractivity contribution in [3.63, 3.8) is 0 Å². The molecule has 2 atom stereocenters. The van der Waals surface area contributed by atoms with Gasteiger partial charge in [0.05, 0.1) is 22.6 Å². The van der Waals surface area contributed by atoms with Crippen molar-refractivity contribution in [3.05, 3.63) is 52.3 Å². The molecule has 2 aliphatic rings. The van der Waals surface area contributed by atoms with Crippen LogP contribution in [0.5, 0.6) is 5.75 Å². The van der Waals surface area contributed by atoms with Gasteiger partial charge in [0.1, 0.15) is 5.75 Å². The maximum atomic E-state index is 14.0. The lowest BCUT2D eigenvalue weighted by Gasteiger charge is -2.33. The quantitative estimate of drug-likeness (QED) is 0.422. The van der Waals surface area contributed by atoms with Gasteiger partial charge in [-0.25, -0.2) is 0 Å². The Morgan fingerprint density at radius 2 is 1.86 bits per heavy atom. The van der Waals surface area contributed by atoms with Crippen molar-refractivity contribution < 1.29 is 31.5 Å². The first-order valence-corrected chi connectivity index (χ1v) is 13.0. The molecule has 1 aromatic carbocycles. The molecule has 0 saturated carbocycles. The minimum atomic E-state index is -4.68. The minimum Gasteiger partial charge on any atom is -0.433 e. The highest BCUT2D eigenvalue weighted by molar-refractivity contribution is 7.99. The SMILES string of the molecule is CN(C(=O)C1CCSCC1)C(c1ccc(NC2Cc3cc(Cl)c(OC(F)F)cc3C2)cn1)C(F)(F)F. The van der Waals surface area contributed by atoms with Gasteiger partial charge >= 0.3 is 12.8 Å². The smallest absolute Gasteiger partial charge is 0.414 e. The van der Waals surface area contributed by atoms with Crippen molar-refractivity contribution in [2.24, 2.45) is 5.92 Å². The van der Waals surface area contributed by atoms with E-state index in [1.165, 1.54) is 31.4 Å². The summed E-state index contributed by atoms with van der Waals surface area (Å²) in [5, 5.41) is 3.30. The monoisotopic (exact) mass is 549 g/mol.